The molecule has 0 bridgehead atoms. The normalized spacial score (nSPS) is 11.1. The van der Waals surface area contributed by atoms with Gasteiger partial charge in [-0.15, -0.1) is 0 Å². The van der Waals surface area contributed by atoms with Crippen molar-refractivity contribution in [1.82, 2.24) is 0 Å². The van der Waals surface area contributed by atoms with Crippen LogP contribution in [0, 0.1) is 10.1 Å². The van der Waals surface area contributed by atoms with Crippen molar-refractivity contribution in [2.75, 3.05) is 0 Å². The second kappa shape index (κ2) is 12.0. The zero-order valence-electron chi connectivity index (χ0n) is 19.6. The van der Waals surface area contributed by atoms with Crippen molar-refractivity contribution in [2.24, 2.45) is 4.36 Å². The van der Waals surface area contributed by atoms with E-state index in [1.807, 2.05) is 60.7 Å². The van der Waals surface area contributed by atoms with Gasteiger partial charge in [-0.1, -0.05) is 95.5 Å². The van der Waals surface area contributed by atoms with E-state index in [1.54, 1.807) is 0 Å². The van der Waals surface area contributed by atoms with Crippen molar-refractivity contribution in [3.05, 3.63) is 133 Å². The number of hydrogen-bond acceptors (Lipinski definition) is 6. The van der Waals surface area contributed by atoms with Gasteiger partial charge in [0.15, 0.2) is 5.75 Å². The summed E-state index contributed by atoms with van der Waals surface area (Å²) in [5.41, 5.74) is 1.35. The lowest BCUT2D eigenvalue weighted by Gasteiger charge is -2.15. The van der Waals surface area contributed by atoms with Crippen molar-refractivity contribution < 1.29 is 18.7 Å². The van der Waals surface area contributed by atoms with Gasteiger partial charge >= 0.3 is 5.97 Å². The van der Waals surface area contributed by atoms with Crippen LogP contribution in [0.4, 0.5) is 11.4 Å². The molecule has 0 heterocycles. The van der Waals surface area contributed by atoms with Crippen LogP contribution in [0.5, 0.6) is 5.75 Å². The highest BCUT2D eigenvalue weighted by Gasteiger charge is 2.22. The van der Waals surface area contributed by atoms with Crippen molar-refractivity contribution in [3.8, 4) is 5.75 Å². The molecular formula is C27H19Cl3N2O5S. The Morgan fingerprint density at radius 1 is 0.842 bits per heavy atom. The monoisotopic (exact) mass is 588 g/mol. The Hall–Kier alpha value is -3.43. The number of nitro benzene ring substituents is 1. The number of nitro groups is 1. The fourth-order valence-corrected chi connectivity index (χ4v) is 6.40. The van der Waals surface area contributed by atoms with Crippen molar-refractivity contribution in [2.45, 2.75) is 11.5 Å². The van der Waals surface area contributed by atoms with Gasteiger partial charge in [-0.25, -0.2) is 9.00 Å². The molecule has 0 saturated carbocycles. The maximum absolute atomic E-state index is 14.3. The number of halogens is 3. The van der Waals surface area contributed by atoms with Crippen LogP contribution in [-0.2, 0) is 21.2 Å². The summed E-state index contributed by atoms with van der Waals surface area (Å²) in [6.07, 6.45) is 0. The van der Waals surface area contributed by atoms with Gasteiger partial charge in [-0.3, -0.25) is 10.1 Å². The van der Waals surface area contributed by atoms with Crippen LogP contribution in [0.15, 0.2) is 95.4 Å². The third-order valence-corrected chi connectivity index (χ3v) is 8.68. The average molecular weight is 590 g/mol. The van der Waals surface area contributed by atoms with E-state index in [9.17, 15) is 19.1 Å². The van der Waals surface area contributed by atoms with Crippen LogP contribution in [0.25, 0.3) is 0 Å². The molecule has 0 aliphatic carbocycles. The van der Waals surface area contributed by atoms with E-state index in [0.29, 0.717) is 0 Å². The molecule has 0 spiro atoms. The number of nitrogens with zero attached hydrogens (tertiary/aromatic N) is 2. The minimum atomic E-state index is -3.07. The smallest absolute Gasteiger partial charge is 0.343 e. The van der Waals surface area contributed by atoms with Crippen molar-refractivity contribution in [3.63, 3.8) is 0 Å². The predicted molar refractivity (Wildman–Crippen MR) is 150 cm³/mol. The molecule has 0 atom stereocenters. The second-order valence-electron chi connectivity index (χ2n) is 8.15. The molecular weight excluding hydrogens is 571 g/mol. The summed E-state index contributed by atoms with van der Waals surface area (Å²) in [4.78, 5) is 23.2. The number of carbonyl (C=O) groups is 1. The lowest BCUT2D eigenvalue weighted by atomic mass is 10.2. The molecule has 38 heavy (non-hydrogen) atoms. The zero-order chi connectivity index (χ0) is 27.3. The van der Waals surface area contributed by atoms with Crippen molar-refractivity contribution >= 4 is 61.9 Å². The van der Waals surface area contributed by atoms with E-state index in [1.165, 1.54) is 30.3 Å². The van der Waals surface area contributed by atoms with Crippen LogP contribution in [0.3, 0.4) is 0 Å². The molecule has 0 amide bonds. The summed E-state index contributed by atoms with van der Waals surface area (Å²) in [5, 5.41) is 10.8. The van der Waals surface area contributed by atoms with Gasteiger partial charge in [0.1, 0.15) is 5.69 Å². The SMILES string of the molecule is O=C(Oc1cc(Cl)c(Cl)c(Cl)c1N=S(=O)(Cc1ccccc1)Cc1ccccc1)c1ccc([N+](=O)[O-])cc1. The fraction of sp³-hybridized carbons (Fsp3) is 0.0741. The molecule has 0 saturated heterocycles. The van der Waals surface area contributed by atoms with E-state index >= 15 is 0 Å². The number of hydrogen-bond donors (Lipinski definition) is 0. The molecule has 0 aliphatic heterocycles. The topological polar surface area (TPSA) is 98.9 Å². The van der Waals surface area contributed by atoms with Crippen LogP contribution in [-0.4, -0.2) is 15.1 Å². The Morgan fingerprint density at radius 3 is 1.87 bits per heavy atom. The Balaban J connectivity index is 1.80. The fourth-order valence-electron chi connectivity index (χ4n) is 3.56. The maximum Gasteiger partial charge on any atom is 0.343 e. The molecule has 4 rings (SSSR count). The van der Waals surface area contributed by atoms with Gasteiger partial charge in [-0.05, 0) is 23.3 Å². The number of esters is 1. The minimum absolute atomic E-state index is 0.000246. The lowest BCUT2D eigenvalue weighted by Crippen LogP contribution is -2.10. The molecule has 194 valence electrons. The third-order valence-electron chi connectivity index (χ3n) is 5.35. The Kier molecular flexibility index (Phi) is 8.69. The van der Waals surface area contributed by atoms with Gasteiger partial charge in [-0.2, -0.15) is 4.36 Å². The lowest BCUT2D eigenvalue weighted by molar-refractivity contribution is -0.384. The standard InChI is InChI=1S/C27H19Cl3N2O5S/c28-22-15-23(37-27(33)20-11-13-21(14-12-20)32(34)35)26(25(30)24(22)29)31-38(36,16-18-7-3-1-4-8-18)17-19-9-5-2-6-10-19/h1-15H,16-17H2. The highest BCUT2D eigenvalue weighted by Crippen LogP contribution is 2.45. The minimum Gasteiger partial charge on any atom is -0.420 e. The Morgan fingerprint density at radius 2 is 1.37 bits per heavy atom. The summed E-state index contributed by atoms with van der Waals surface area (Å²) in [5.74, 6) is -0.811. The van der Waals surface area contributed by atoms with Gasteiger partial charge in [0, 0.05) is 18.2 Å². The first-order chi connectivity index (χ1) is 18.1. The molecule has 0 fully saturated rings. The van der Waals surface area contributed by atoms with Crippen LogP contribution >= 0.6 is 34.8 Å². The molecule has 4 aromatic carbocycles. The summed E-state index contributed by atoms with van der Waals surface area (Å²) < 4.78 is 24.4. The van der Waals surface area contributed by atoms with Gasteiger partial charge in [0.05, 0.1) is 46.8 Å². The zero-order valence-corrected chi connectivity index (χ0v) is 22.6. The van der Waals surface area contributed by atoms with Crippen LogP contribution in [0.2, 0.25) is 15.1 Å². The molecule has 4 aromatic rings. The molecule has 11 heteroatoms. The Labute approximate surface area is 234 Å². The van der Waals surface area contributed by atoms with Gasteiger partial charge in [0.2, 0.25) is 0 Å². The van der Waals surface area contributed by atoms with Crippen molar-refractivity contribution in [1.29, 1.82) is 0 Å². The summed E-state index contributed by atoms with van der Waals surface area (Å²) in [7, 11) is -3.07. The molecule has 0 unspecified atom stereocenters. The van der Waals surface area contributed by atoms with E-state index in [4.69, 9.17) is 39.5 Å². The van der Waals surface area contributed by atoms with Gasteiger partial charge in [0.25, 0.3) is 5.69 Å². The first kappa shape index (κ1) is 27.6. The first-order valence-corrected chi connectivity index (χ1v) is 14.1. The number of ether oxygens (including phenoxy) is 1. The number of carbonyl (C=O) groups excluding carboxylic acids is 1. The summed E-state index contributed by atoms with van der Waals surface area (Å²) in [6.45, 7) is 0. The predicted octanol–water partition coefficient (Wildman–Crippen LogP) is 8.27. The number of rotatable bonds is 8. The number of non-ortho nitro benzene ring substituents is 1. The highest BCUT2D eigenvalue weighted by molar-refractivity contribution is 7.92. The van der Waals surface area contributed by atoms with Crippen LogP contribution < -0.4 is 4.74 Å². The van der Waals surface area contributed by atoms with E-state index in [2.05, 4.69) is 4.36 Å². The van der Waals surface area contributed by atoms with E-state index in [-0.39, 0.29) is 49.3 Å². The second-order valence-corrected chi connectivity index (χ2v) is 11.6. The Bertz CT molecular complexity index is 1560. The largest absolute Gasteiger partial charge is 0.420 e. The van der Waals surface area contributed by atoms with Gasteiger partial charge < -0.3 is 4.74 Å². The maximum atomic E-state index is 14.3. The van der Waals surface area contributed by atoms with Crippen LogP contribution in [0.1, 0.15) is 21.5 Å². The molecule has 0 N–H and O–H groups in total. The summed E-state index contributed by atoms with van der Waals surface area (Å²) >= 11 is 19.0. The molecule has 0 aliphatic rings. The molecule has 0 radical (unpaired) electrons. The molecule has 7 nitrogen and oxygen atoms in total. The van der Waals surface area contributed by atoms with E-state index < -0.39 is 20.6 Å². The highest BCUT2D eigenvalue weighted by atomic mass is 35.5. The quantitative estimate of drug-likeness (QED) is 0.0677. The number of benzene rings is 4. The third kappa shape index (κ3) is 6.71. The average Bonchev–Trinajstić information content (AvgIpc) is 2.91. The first-order valence-electron chi connectivity index (χ1n) is 11.1. The summed E-state index contributed by atoms with van der Waals surface area (Å²) in [6, 6.07) is 24.5. The van der Waals surface area contributed by atoms with E-state index in [0.717, 1.165) is 11.1 Å². The molecule has 0 aromatic heterocycles.